The second-order valence-electron chi connectivity index (χ2n) is 6.28. The number of carbonyl (C=O) groups is 2. The highest BCUT2D eigenvalue weighted by molar-refractivity contribution is 5.92. The van der Waals surface area contributed by atoms with E-state index in [1.807, 2.05) is 0 Å². The van der Waals surface area contributed by atoms with Gasteiger partial charge >= 0.3 is 18.3 Å². The Hall–Kier alpha value is -4.01. The number of halogens is 3. The van der Waals surface area contributed by atoms with Crippen molar-refractivity contribution >= 4 is 17.6 Å². The number of ether oxygens (including phenoxy) is 1. The summed E-state index contributed by atoms with van der Waals surface area (Å²) in [6.45, 7) is 0. The molecule has 0 bridgehead atoms. The van der Waals surface area contributed by atoms with E-state index in [2.05, 4.69) is 4.74 Å². The number of carboxylic acids is 2. The van der Waals surface area contributed by atoms with Crippen LogP contribution in [0.3, 0.4) is 0 Å². The third kappa shape index (κ3) is 4.69. The van der Waals surface area contributed by atoms with Crippen LogP contribution in [0.5, 0.6) is 5.75 Å². The Kier molecular flexibility index (Phi) is 5.37. The van der Waals surface area contributed by atoms with Crippen LogP contribution in [0.2, 0.25) is 0 Å². The predicted octanol–water partition coefficient (Wildman–Crippen LogP) is 4.90. The standard InChI is InChI=1S/C21H14F3NO5/c22-21(23,24)30-16-8-14(11-1-3-12(4-2-11)19(26)27)7-15(9-16)17-6-5-13(20(28)29)10-18(17)25/h1-10H,25H2,(H,26,27)(H,28,29). The van der Waals surface area contributed by atoms with Crippen LogP contribution in [0.15, 0.2) is 60.7 Å². The Balaban J connectivity index is 2.13. The molecule has 3 aromatic rings. The van der Waals surface area contributed by atoms with Gasteiger partial charge in [0.1, 0.15) is 5.75 Å². The molecule has 0 radical (unpaired) electrons. The van der Waals surface area contributed by atoms with E-state index in [1.54, 1.807) is 6.07 Å². The van der Waals surface area contributed by atoms with E-state index in [9.17, 15) is 22.8 Å². The smallest absolute Gasteiger partial charge is 0.478 e. The van der Waals surface area contributed by atoms with Crippen molar-refractivity contribution in [2.45, 2.75) is 6.36 Å². The van der Waals surface area contributed by atoms with E-state index >= 15 is 0 Å². The maximum Gasteiger partial charge on any atom is 0.573 e. The second kappa shape index (κ2) is 7.78. The number of anilines is 1. The fourth-order valence-electron chi connectivity index (χ4n) is 2.88. The van der Waals surface area contributed by atoms with Gasteiger partial charge in [-0.2, -0.15) is 0 Å². The van der Waals surface area contributed by atoms with Gasteiger partial charge < -0.3 is 20.7 Å². The number of rotatable bonds is 5. The summed E-state index contributed by atoms with van der Waals surface area (Å²) < 4.78 is 42.4. The van der Waals surface area contributed by atoms with Crippen LogP contribution < -0.4 is 10.5 Å². The summed E-state index contributed by atoms with van der Waals surface area (Å²) >= 11 is 0. The van der Waals surface area contributed by atoms with Crippen LogP contribution in [-0.4, -0.2) is 28.5 Å². The quantitative estimate of drug-likeness (QED) is 0.510. The molecule has 3 aromatic carbocycles. The molecule has 0 spiro atoms. The number of aromatic carboxylic acids is 2. The average Bonchev–Trinajstić information content (AvgIpc) is 2.66. The fraction of sp³-hybridized carbons (Fsp3) is 0.0476. The predicted molar refractivity (Wildman–Crippen MR) is 102 cm³/mol. The molecule has 30 heavy (non-hydrogen) atoms. The van der Waals surface area contributed by atoms with Crippen LogP contribution in [0.1, 0.15) is 20.7 Å². The minimum atomic E-state index is -4.93. The van der Waals surface area contributed by atoms with Crippen molar-refractivity contribution in [1.82, 2.24) is 0 Å². The molecule has 0 unspecified atom stereocenters. The zero-order valence-corrected chi connectivity index (χ0v) is 15.1. The lowest BCUT2D eigenvalue weighted by Gasteiger charge is -2.14. The van der Waals surface area contributed by atoms with Gasteiger partial charge in [-0.05, 0) is 59.2 Å². The van der Waals surface area contributed by atoms with Crippen molar-refractivity contribution in [1.29, 1.82) is 0 Å². The van der Waals surface area contributed by atoms with Crippen LogP contribution in [0.4, 0.5) is 18.9 Å². The Morgan fingerprint density at radius 2 is 1.33 bits per heavy atom. The highest BCUT2D eigenvalue weighted by Gasteiger charge is 2.31. The van der Waals surface area contributed by atoms with Gasteiger partial charge in [0.15, 0.2) is 0 Å². The van der Waals surface area contributed by atoms with Crippen molar-refractivity contribution in [2.75, 3.05) is 5.73 Å². The van der Waals surface area contributed by atoms with E-state index in [0.29, 0.717) is 16.7 Å². The van der Waals surface area contributed by atoms with Crippen molar-refractivity contribution in [3.8, 4) is 28.0 Å². The van der Waals surface area contributed by atoms with Crippen LogP contribution in [0.25, 0.3) is 22.3 Å². The number of nitrogens with two attached hydrogens (primary N) is 1. The SMILES string of the molecule is Nc1cc(C(=O)O)ccc1-c1cc(OC(F)(F)F)cc(-c2ccc(C(=O)O)cc2)c1. The molecule has 9 heteroatoms. The van der Waals surface area contributed by atoms with Crippen molar-refractivity contribution < 1.29 is 37.7 Å². The number of hydrogen-bond donors (Lipinski definition) is 3. The van der Waals surface area contributed by atoms with Crippen molar-refractivity contribution in [3.05, 3.63) is 71.8 Å². The molecule has 3 rings (SSSR count). The van der Waals surface area contributed by atoms with Crippen LogP contribution in [0, 0.1) is 0 Å². The molecule has 0 aliphatic rings. The lowest BCUT2D eigenvalue weighted by atomic mass is 9.96. The molecule has 0 atom stereocenters. The summed E-state index contributed by atoms with van der Waals surface area (Å²) in [5, 5.41) is 18.1. The van der Waals surface area contributed by atoms with Gasteiger partial charge in [0, 0.05) is 11.3 Å². The molecule has 0 saturated carbocycles. The topological polar surface area (TPSA) is 110 Å². The van der Waals surface area contributed by atoms with E-state index in [-0.39, 0.29) is 22.4 Å². The number of alkyl halides is 3. The minimum absolute atomic E-state index is 0.0233. The molecule has 0 aliphatic heterocycles. The normalized spacial score (nSPS) is 11.2. The Bertz CT molecular complexity index is 1120. The molecule has 0 fully saturated rings. The molecule has 154 valence electrons. The zero-order valence-electron chi connectivity index (χ0n) is 15.1. The summed E-state index contributed by atoms with van der Waals surface area (Å²) in [6.07, 6.45) is -4.93. The van der Waals surface area contributed by atoms with Crippen LogP contribution >= 0.6 is 0 Å². The number of hydrogen-bond acceptors (Lipinski definition) is 4. The first-order valence-electron chi connectivity index (χ1n) is 8.41. The second-order valence-corrected chi connectivity index (χ2v) is 6.28. The highest BCUT2D eigenvalue weighted by atomic mass is 19.4. The van der Waals surface area contributed by atoms with Crippen molar-refractivity contribution in [3.63, 3.8) is 0 Å². The van der Waals surface area contributed by atoms with E-state index < -0.39 is 24.1 Å². The lowest BCUT2D eigenvalue weighted by Crippen LogP contribution is -2.17. The summed E-state index contributed by atoms with van der Waals surface area (Å²) in [6, 6.07) is 13.3. The van der Waals surface area contributed by atoms with Gasteiger partial charge in [-0.15, -0.1) is 13.2 Å². The van der Waals surface area contributed by atoms with E-state index in [1.165, 1.54) is 42.5 Å². The first-order chi connectivity index (χ1) is 14.0. The maximum atomic E-state index is 12.8. The number of nitrogen functional groups attached to an aromatic ring is 1. The minimum Gasteiger partial charge on any atom is -0.478 e. The molecular formula is C21H14F3NO5. The Morgan fingerprint density at radius 3 is 1.87 bits per heavy atom. The summed E-state index contributed by atoms with van der Waals surface area (Å²) in [5.74, 6) is -2.83. The first kappa shape index (κ1) is 20.7. The molecular weight excluding hydrogens is 403 g/mol. The lowest BCUT2D eigenvalue weighted by molar-refractivity contribution is -0.274. The van der Waals surface area contributed by atoms with Gasteiger partial charge in [-0.1, -0.05) is 18.2 Å². The summed E-state index contributed by atoms with van der Waals surface area (Å²) in [7, 11) is 0. The summed E-state index contributed by atoms with van der Waals surface area (Å²) in [4.78, 5) is 22.1. The zero-order chi connectivity index (χ0) is 22.1. The fourth-order valence-corrected chi connectivity index (χ4v) is 2.88. The number of carboxylic acid groups (broad SMARTS) is 2. The van der Waals surface area contributed by atoms with Crippen molar-refractivity contribution in [2.24, 2.45) is 0 Å². The Labute approximate surface area is 168 Å². The van der Waals surface area contributed by atoms with Gasteiger partial charge in [-0.25, -0.2) is 9.59 Å². The maximum absolute atomic E-state index is 12.8. The van der Waals surface area contributed by atoms with Gasteiger partial charge in [0.05, 0.1) is 11.1 Å². The number of benzene rings is 3. The van der Waals surface area contributed by atoms with E-state index in [0.717, 1.165) is 12.1 Å². The average molecular weight is 417 g/mol. The first-order valence-corrected chi connectivity index (χ1v) is 8.41. The van der Waals surface area contributed by atoms with Gasteiger partial charge in [0.25, 0.3) is 0 Å². The van der Waals surface area contributed by atoms with Crippen LogP contribution in [-0.2, 0) is 0 Å². The molecule has 0 aliphatic carbocycles. The third-order valence-corrected chi connectivity index (χ3v) is 4.21. The third-order valence-electron chi connectivity index (χ3n) is 4.21. The van der Waals surface area contributed by atoms with Gasteiger partial charge in [0.2, 0.25) is 0 Å². The van der Waals surface area contributed by atoms with Gasteiger partial charge in [-0.3, -0.25) is 0 Å². The molecule has 0 heterocycles. The molecule has 4 N–H and O–H groups in total. The molecule has 6 nitrogen and oxygen atoms in total. The highest BCUT2D eigenvalue weighted by Crippen LogP contribution is 2.36. The molecule has 0 saturated heterocycles. The summed E-state index contributed by atoms with van der Waals surface area (Å²) in [5.41, 5.74) is 7.30. The monoisotopic (exact) mass is 417 g/mol. The largest absolute Gasteiger partial charge is 0.573 e. The molecule has 0 aromatic heterocycles. The van der Waals surface area contributed by atoms with E-state index in [4.69, 9.17) is 15.9 Å². The Morgan fingerprint density at radius 1 is 0.767 bits per heavy atom. The molecule has 0 amide bonds.